The molecule has 100 valence electrons. The Hall–Kier alpha value is -1.68. The minimum absolute atomic E-state index is 0.0314. The highest BCUT2D eigenvalue weighted by Crippen LogP contribution is 2.31. The summed E-state index contributed by atoms with van der Waals surface area (Å²) in [6.07, 6.45) is 0. The van der Waals surface area contributed by atoms with E-state index in [0.29, 0.717) is 0 Å². The van der Waals surface area contributed by atoms with Crippen LogP contribution in [0.1, 0.15) is 24.1 Å². The van der Waals surface area contributed by atoms with Crippen molar-refractivity contribution < 1.29 is 10.2 Å². The molecule has 0 saturated carbocycles. The highest BCUT2D eigenvalue weighted by molar-refractivity contribution is 9.10. The third-order valence-electron chi connectivity index (χ3n) is 2.99. The smallest absolute Gasteiger partial charge is 0.119 e. The number of phenolic OH excluding ortho intramolecular Hbond substituents is 2. The average Bonchev–Trinajstić information content (AvgIpc) is 2.33. The first-order chi connectivity index (χ1) is 8.97. The number of anilines is 1. The normalized spacial score (nSPS) is 12.2. The molecule has 0 bridgehead atoms. The van der Waals surface area contributed by atoms with E-state index in [1.165, 1.54) is 6.07 Å². The summed E-state index contributed by atoms with van der Waals surface area (Å²) in [5.41, 5.74) is 2.96. The van der Waals surface area contributed by atoms with E-state index < -0.39 is 0 Å². The van der Waals surface area contributed by atoms with Crippen molar-refractivity contribution in [3.8, 4) is 11.5 Å². The topological polar surface area (TPSA) is 52.5 Å². The van der Waals surface area contributed by atoms with E-state index >= 15 is 0 Å². The first-order valence-electron chi connectivity index (χ1n) is 6.02. The maximum atomic E-state index is 9.51. The van der Waals surface area contributed by atoms with Gasteiger partial charge >= 0.3 is 0 Å². The van der Waals surface area contributed by atoms with Crippen LogP contribution in [0.2, 0.25) is 0 Å². The molecule has 0 aliphatic rings. The number of benzene rings is 2. The number of nitrogens with one attached hydrogen (secondary N) is 1. The molecular formula is C15H16BrNO2. The Morgan fingerprint density at radius 1 is 1.11 bits per heavy atom. The van der Waals surface area contributed by atoms with Crippen molar-refractivity contribution in [2.45, 2.75) is 19.9 Å². The lowest BCUT2D eigenvalue weighted by Crippen LogP contribution is -2.07. The number of hydrogen-bond donors (Lipinski definition) is 3. The molecule has 0 heterocycles. The summed E-state index contributed by atoms with van der Waals surface area (Å²) in [7, 11) is 0. The molecule has 2 rings (SSSR count). The van der Waals surface area contributed by atoms with E-state index in [-0.39, 0.29) is 17.5 Å². The Kier molecular flexibility index (Phi) is 4.00. The van der Waals surface area contributed by atoms with E-state index in [1.807, 2.05) is 32.0 Å². The number of phenols is 2. The lowest BCUT2D eigenvalue weighted by atomic mass is 10.1. The second-order valence-corrected chi connectivity index (χ2v) is 5.38. The van der Waals surface area contributed by atoms with Gasteiger partial charge in [-0.05, 0) is 59.1 Å². The van der Waals surface area contributed by atoms with Crippen molar-refractivity contribution in [1.82, 2.24) is 0 Å². The average molecular weight is 322 g/mol. The van der Waals surface area contributed by atoms with Crippen LogP contribution in [-0.4, -0.2) is 10.2 Å². The molecule has 4 heteroatoms. The number of aryl methyl sites for hydroxylation is 1. The van der Waals surface area contributed by atoms with Gasteiger partial charge in [-0.25, -0.2) is 0 Å². The van der Waals surface area contributed by atoms with Crippen LogP contribution in [0.25, 0.3) is 0 Å². The molecule has 0 spiro atoms. The van der Waals surface area contributed by atoms with Gasteiger partial charge in [-0.15, -0.1) is 0 Å². The Morgan fingerprint density at radius 2 is 1.74 bits per heavy atom. The molecule has 0 aliphatic carbocycles. The van der Waals surface area contributed by atoms with E-state index in [1.54, 1.807) is 12.1 Å². The van der Waals surface area contributed by atoms with E-state index in [9.17, 15) is 10.2 Å². The maximum Gasteiger partial charge on any atom is 0.119 e. The molecule has 0 amide bonds. The third kappa shape index (κ3) is 3.20. The molecular weight excluding hydrogens is 306 g/mol. The Balaban J connectivity index is 2.25. The van der Waals surface area contributed by atoms with Crippen LogP contribution in [-0.2, 0) is 0 Å². The summed E-state index contributed by atoms with van der Waals surface area (Å²) in [6.45, 7) is 4.00. The summed E-state index contributed by atoms with van der Waals surface area (Å²) < 4.78 is 1.02. The minimum atomic E-state index is -0.0314. The Labute approximate surface area is 121 Å². The molecule has 1 atom stereocenters. The molecule has 3 N–H and O–H groups in total. The van der Waals surface area contributed by atoms with Gasteiger partial charge in [0, 0.05) is 22.3 Å². The largest absolute Gasteiger partial charge is 0.508 e. The highest BCUT2D eigenvalue weighted by atomic mass is 79.9. The zero-order valence-corrected chi connectivity index (χ0v) is 12.4. The Morgan fingerprint density at radius 3 is 2.37 bits per heavy atom. The number of aromatic hydroxyl groups is 2. The summed E-state index contributed by atoms with van der Waals surface area (Å²) in [5.74, 6) is 0.124. The van der Waals surface area contributed by atoms with Crippen LogP contribution in [0.15, 0.2) is 40.9 Å². The second-order valence-electron chi connectivity index (χ2n) is 4.59. The summed E-state index contributed by atoms with van der Waals surface area (Å²) >= 11 is 3.55. The van der Waals surface area contributed by atoms with Gasteiger partial charge in [-0.2, -0.15) is 0 Å². The van der Waals surface area contributed by atoms with Gasteiger partial charge in [0.2, 0.25) is 0 Å². The van der Waals surface area contributed by atoms with E-state index in [0.717, 1.165) is 21.3 Å². The third-order valence-corrected chi connectivity index (χ3v) is 4.04. The van der Waals surface area contributed by atoms with Gasteiger partial charge in [-0.3, -0.25) is 0 Å². The van der Waals surface area contributed by atoms with Gasteiger partial charge in [0.05, 0.1) is 0 Å². The summed E-state index contributed by atoms with van der Waals surface area (Å²) in [4.78, 5) is 0. The molecule has 2 aromatic carbocycles. The SMILES string of the molecule is Cc1cccc(NC(C)c2cc(O)cc(O)c2)c1Br. The molecule has 0 aromatic heterocycles. The van der Waals surface area contributed by atoms with Gasteiger partial charge < -0.3 is 15.5 Å². The van der Waals surface area contributed by atoms with Crippen LogP contribution in [0.5, 0.6) is 11.5 Å². The van der Waals surface area contributed by atoms with E-state index in [2.05, 4.69) is 21.2 Å². The zero-order chi connectivity index (χ0) is 14.0. The molecule has 3 nitrogen and oxygen atoms in total. The number of halogens is 1. The molecule has 0 aliphatic heterocycles. The standard InChI is InChI=1S/C15H16BrNO2/c1-9-4-3-5-14(15(9)16)17-10(2)11-6-12(18)8-13(19)7-11/h3-8,10,17-19H,1-2H3. The fraction of sp³-hybridized carbons (Fsp3) is 0.200. The van der Waals surface area contributed by atoms with Crippen molar-refractivity contribution in [3.05, 3.63) is 52.0 Å². The predicted molar refractivity (Wildman–Crippen MR) is 80.7 cm³/mol. The first-order valence-corrected chi connectivity index (χ1v) is 6.81. The zero-order valence-electron chi connectivity index (χ0n) is 10.8. The molecule has 0 fully saturated rings. The minimum Gasteiger partial charge on any atom is -0.508 e. The van der Waals surface area contributed by atoms with Gasteiger partial charge in [-0.1, -0.05) is 12.1 Å². The van der Waals surface area contributed by atoms with Gasteiger partial charge in [0.25, 0.3) is 0 Å². The fourth-order valence-electron chi connectivity index (χ4n) is 1.94. The number of rotatable bonds is 3. The highest BCUT2D eigenvalue weighted by Gasteiger charge is 2.10. The predicted octanol–water partition coefficient (Wildman–Crippen LogP) is 4.34. The van der Waals surface area contributed by atoms with Crippen molar-refractivity contribution in [2.24, 2.45) is 0 Å². The van der Waals surface area contributed by atoms with Gasteiger partial charge in [0.1, 0.15) is 11.5 Å². The van der Waals surface area contributed by atoms with Crippen molar-refractivity contribution in [1.29, 1.82) is 0 Å². The van der Waals surface area contributed by atoms with Crippen LogP contribution in [0.3, 0.4) is 0 Å². The van der Waals surface area contributed by atoms with Crippen molar-refractivity contribution >= 4 is 21.6 Å². The monoisotopic (exact) mass is 321 g/mol. The quantitative estimate of drug-likeness (QED) is 0.788. The van der Waals surface area contributed by atoms with Gasteiger partial charge in [0.15, 0.2) is 0 Å². The lowest BCUT2D eigenvalue weighted by Gasteiger charge is -2.18. The van der Waals surface area contributed by atoms with Crippen LogP contribution in [0.4, 0.5) is 5.69 Å². The summed E-state index contributed by atoms with van der Waals surface area (Å²) in [6, 6.07) is 10.6. The lowest BCUT2D eigenvalue weighted by molar-refractivity contribution is 0.448. The number of hydrogen-bond acceptors (Lipinski definition) is 3. The van der Waals surface area contributed by atoms with Crippen LogP contribution >= 0.6 is 15.9 Å². The molecule has 1 unspecified atom stereocenters. The molecule has 0 radical (unpaired) electrons. The molecule has 19 heavy (non-hydrogen) atoms. The van der Waals surface area contributed by atoms with Crippen LogP contribution < -0.4 is 5.32 Å². The van der Waals surface area contributed by atoms with E-state index in [4.69, 9.17) is 0 Å². The first kappa shape index (κ1) is 13.7. The maximum absolute atomic E-state index is 9.51. The van der Waals surface area contributed by atoms with Crippen LogP contribution in [0, 0.1) is 6.92 Å². The fourth-order valence-corrected chi connectivity index (χ4v) is 2.32. The second kappa shape index (κ2) is 5.53. The molecule has 2 aromatic rings. The summed E-state index contributed by atoms with van der Waals surface area (Å²) in [5, 5.41) is 22.4. The van der Waals surface area contributed by atoms with Crippen molar-refractivity contribution in [2.75, 3.05) is 5.32 Å². The Bertz CT molecular complexity index is 578. The van der Waals surface area contributed by atoms with Crippen molar-refractivity contribution in [3.63, 3.8) is 0 Å². The molecule has 0 saturated heterocycles.